The van der Waals surface area contributed by atoms with E-state index in [1.54, 1.807) is 10.6 Å². The Hall–Kier alpha value is -1.76. The van der Waals surface area contributed by atoms with Gasteiger partial charge in [-0.05, 0) is 46.9 Å². The highest BCUT2D eigenvalue weighted by Crippen LogP contribution is 2.19. The molecule has 3 aromatic rings. The van der Waals surface area contributed by atoms with Gasteiger partial charge in [-0.15, -0.1) is 0 Å². The molecule has 0 bridgehead atoms. The molecule has 0 saturated carbocycles. The Kier molecular flexibility index (Phi) is 3.77. The first-order valence-electron chi connectivity index (χ1n) is 6.21. The Bertz CT molecular complexity index is 791. The fraction of sp³-hybridized carbons (Fsp3) is 0.133. The van der Waals surface area contributed by atoms with Gasteiger partial charge in [-0.2, -0.15) is 0 Å². The number of oxazole rings is 1. The first kappa shape index (κ1) is 13.2. The Labute approximate surface area is 129 Å². The summed E-state index contributed by atoms with van der Waals surface area (Å²) in [5, 5.41) is 0. The van der Waals surface area contributed by atoms with Crippen molar-refractivity contribution in [2.45, 2.75) is 6.54 Å². The van der Waals surface area contributed by atoms with Gasteiger partial charge in [0.2, 0.25) is 0 Å². The fourth-order valence-corrected chi connectivity index (χ4v) is 2.58. The molecule has 102 valence electrons. The summed E-state index contributed by atoms with van der Waals surface area (Å²) in [5.41, 5.74) is 1.40. The molecule has 0 fully saturated rings. The molecule has 0 saturated heterocycles. The Morgan fingerprint density at radius 3 is 2.70 bits per heavy atom. The van der Waals surface area contributed by atoms with Gasteiger partial charge in [-0.25, -0.2) is 4.79 Å². The van der Waals surface area contributed by atoms with Crippen LogP contribution in [-0.4, -0.2) is 11.2 Å². The van der Waals surface area contributed by atoms with Crippen molar-refractivity contribution in [2.24, 2.45) is 0 Å². The number of benzene rings is 2. The molecular weight excluding hydrogens is 369 g/mol. The SMILES string of the molecule is O=c1oc2ccccc2n1CCOc1ccccc1I. The van der Waals surface area contributed by atoms with E-state index in [-0.39, 0.29) is 5.76 Å². The van der Waals surface area contributed by atoms with Crippen LogP contribution in [0, 0.1) is 3.57 Å². The summed E-state index contributed by atoms with van der Waals surface area (Å²) in [5.74, 6) is 0.478. The van der Waals surface area contributed by atoms with E-state index in [9.17, 15) is 4.79 Å². The second-order valence-electron chi connectivity index (χ2n) is 4.27. The van der Waals surface area contributed by atoms with Crippen molar-refractivity contribution in [1.29, 1.82) is 0 Å². The topological polar surface area (TPSA) is 44.4 Å². The van der Waals surface area contributed by atoms with Gasteiger partial charge in [-0.1, -0.05) is 24.3 Å². The number of nitrogens with zero attached hydrogens (tertiary/aromatic N) is 1. The number of rotatable bonds is 4. The van der Waals surface area contributed by atoms with Crippen molar-refractivity contribution in [1.82, 2.24) is 4.57 Å². The number of para-hydroxylation sites is 3. The lowest BCUT2D eigenvalue weighted by Gasteiger charge is -2.08. The van der Waals surface area contributed by atoms with Crippen molar-refractivity contribution in [3.05, 3.63) is 62.7 Å². The number of hydrogen-bond acceptors (Lipinski definition) is 3. The van der Waals surface area contributed by atoms with Gasteiger partial charge < -0.3 is 9.15 Å². The highest BCUT2D eigenvalue weighted by atomic mass is 127. The van der Waals surface area contributed by atoms with E-state index in [1.807, 2.05) is 42.5 Å². The molecule has 0 unspecified atom stereocenters. The van der Waals surface area contributed by atoms with E-state index in [2.05, 4.69) is 22.6 Å². The van der Waals surface area contributed by atoms with Gasteiger partial charge in [0, 0.05) is 0 Å². The first-order valence-corrected chi connectivity index (χ1v) is 7.29. The van der Waals surface area contributed by atoms with E-state index in [4.69, 9.17) is 9.15 Å². The lowest BCUT2D eigenvalue weighted by atomic mass is 10.3. The predicted molar refractivity (Wildman–Crippen MR) is 85.1 cm³/mol. The van der Waals surface area contributed by atoms with E-state index in [0.717, 1.165) is 14.8 Å². The molecule has 3 rings (SSSR count). The summed E-state index contributed by atoms with van der Waals surface area (Å²) < 4.78 is 13.5. The molecule has 1 heterocycles. The van der Waals surface area contributed by atoms with Crippen molar-refractivity contribution in [3.63, 3.8) is 0 Å². The molecule has 0 spiro atoms. The summed E-state index contributed by atoms with van der Waals surface area (Å²) in [4.78, 5) is 11.8. The van der Waals surface area contributed by atoms with Crippen molar-refractivity contribution in [2.75, 3.05) is 6.61 Å². The summed E-state index contributed by atoms with van der Waals surface area (Å²) >= 11 is 2.22. The third kappa shape index (κ3) is 2.58. The van der Waals surface area contributed by atoms with Gasteiger partial charge in [0.25, 0.3) is 0 Å². The van der Waals surface area contributed by atoms with Crippen molar-refractivity contribution in [3.8, 4) is 5.75 Å². The second kappa shape index (κ2) is 5.70. The van der Waals surface area contributed by atoms with E-state index < -0.39 is 0 Å². The quantitative estimate of drug-likeness (QED) is 0.652. The lowest BCUT2D eigenvalue weighted by Crippen LogP contribution is -2.18. The number of ether oxygens (including phenoxy) is 1. The monoisotopic (exact) mass is 381 g/mol. The first-order chi connectivity index (χ1) is 9.75. The summed E-state index contributed by atoms with van der Waals surface area (Å²) in [6, 6.07) is 15.2. The largest absolute Gasteiger partial charge is 0.491 e. The summed E-state index contributed by atoms with van der Waals surface area (Å²) in [6.07, 6.45) is 0. The normalized spacial score (nSPS) is 10.8. The van der Waals surface area contributed by atoms with Crippen LogP contribution in [0.5, 0.6) is 5.75 Å². The molecule has 0 aliphatic carbocycles. The van der Waals surface area contributed by atoms with E-state index >= 15 is 0 Å². The molecule has 0 radical (unpaired) electrons. The van der Waals surface area contributed by atoms with E-state index in [1.165, 1.54) is 0 Å². The minimum atomic E-state index is -0.349. The molecule has 1 aromatic heterocycles. The molecule has 20 heavy (non-hydrogen) atoms. The smallest absolute Gasteiger partial charge is 0.420 e. The van der Waals surface area contributed by atoms with Gasteiger partial charge in [0.1, 0.15) is 12.4 Å². The predicted octanol–water partition coefficient (Wildman–Crippen LogP) is 3.28. The lowest BCUT2D eigenvalue weighted by molar-refractivity contribution is 0.292. The standard InChI is InChI=1S/C15H12INO3/c16-11-5-1-3-7-13(11)19-10-9-17-12-6-2-4-8-14(12)20-15(17)18/h1-8H,9-10H2. The minimum Gasteiger partial charge on any atom is -0.491 e. The maximum Gasteiger partial charge on any atom is 0.420 e. The van der Waals surface area contributed by atoms with Gasteiger partial charge in [-0.3, -0.25) is 4.57 Å². The molecular formula is C15H12INO3. The summed E-state index contributed by atoms with van der Waals surface area (Å²) in [7, 11) is 0. The number of aromatic nitrogens is 1. The van der Waals surface area contributed by atoms with Crippen LogP contribution < -0.4 is 10.5 Å². The van der Waals surface area contributed by atoms with Crippen LogP contribution in [-0.2, 0) is 6.54 Å². The molecule has 5 heteroatoms. The van der Waals surface area contributed by atoms with Crippen LogP contribution in [0.1, 0.15) is 0 Å². The highest BCUT2D eigenvalue weighted by Gasteiger charge is 2.08. The third-order valence-corrected chi connectivity index (χ3v) is 3.87. The molecule has 0 aliphatic rings. The van der Waals surface area contributed by atoms with Gasteiger partial charge in [0.15, 0.2) is 5.58 Å². The molecule has 4 nitrogen and oxygen atoms in total. The third-order valence-electron chi connectivity index (χ3n) is 2.98. The van der Waals surface area contributed by atoms with Crippen molar-refractivity contribution < 1.29 is 9.15 Å². The zero-order valence-corrected chi connectivity index (χ0v) is 12.7. The molecule has 0 aliphatic heterocycles. The Balaban J connectivity index is 1.76. The van der Waals surface area contributed by atoms with Crippen LogP contribution in [0.25, 0.3) is 11.1 Å². The average molecular weight is 381 g/mol. The van der Waals surface area contributed by atoms with Gasteiger partial charge >= 0.3 is 5.76 Å². The fourth-order valence-electron chi connectivity index (χ4n) is 2.03. The highest BCUT2D eigenvalue weighted by molar-refractivity contribution is 14.1. The minimum absolute atomic E-state index is 0.349. The van der Waals surface area contributed by atoms with Gasteiger partial charge in [0.05, 0.1) is 15.6 Å². The number of halogens is 1. The second-order valence-corrected chi connectivity index (χ2v) is 5.43. The van der Waals surface area contributed by atoms with Crippen LogP contribution in [0.15, 0.2) is 57.7 Å². The van der Waals surface area contributed by atoms with Crippen LogP contribution in [0.4, 0.5) is 0 Å². The Morgan fingerprint density at radius 2 is 1.85 bits per heavy atom. The zero-order chi connectivity index (χ0) is 13.9. The molecule has 0 atom stereocenters. The Morgan fingerprint density at radius 1 is 1.10 bits per heavy atom. The molecule has 2 aromatic carbocycles. The van der Waals surface area contributed by atoms with Crippen LogP contribution in [0.3, 0.4) is 0 Å². The zero-order valence-electron chi connectivity index (χ0n) is 10.6. The number of hydrogen-bond donors (Lipinski definition) is 0. The average Bonchev–Trinajstić information content (AvgIpc) is 2.77. The molecule has 0 amide bonds. The van der Waals surface area contributed by atoms with Crippen LogP contribution >= 0.6 is 22.6 Å². The number of fused-ring (bicyclic) bond motifs is 1. The summed E-state index contributed by atoms with van der Waals surface area (Å²) in [6.45, 7) is 0.879. The van der Waals surface area contributed by atoms with Crippen molar-refractivity contribution >= 4 is 33.7 Å². The van der Waals surface area contributed by atoms with Crippen LogP contribution in [0.2, 0.25) is 0 Å². The maximum atomic E-state index is 11.8. The van der Waals surface area contributed by atoms with E-state index in [0.29, 0.717) is 18.7 Å². The molecule has 0 N–H and O–H groups in total. The maximum absolute atomic E-state index is 11.8.